The molecule has 0 aliphatic rings. The summed E-state index contributed by atoms with van der Waals surface area (Å²) in [6.07, 6.45) is -0.00810. The summed E-state index contributed by atoms with van der Waals surface area (Å²) in [7, 11) is 1.57. The van der Waals surface area contributed by atoms with Gasteiger partial charge in [-0.3, -0.25) is 4.79 Å². The first kappa shape index (κ1) is 19.8. The van der Waals surface area contributed by atoms with E-state index >= 15 is 0 Å². The van der Waals surface area contributed by atoms with Gasteiger partial charge in [-0.15, -0.1) is 0 Å². The highest BCUT2D eigenvalue weighted by Gasteiger charge is 2.15. The molecule has 0 amide bonds. The minimum absolute atomic E-state index is 0.00810. The molecule has 1 aromatic heterocycles. The van der Waals surface area contributed by atoms with Crippen LogP contribution in [-0.4, -0.2) is 41.4 Å². The summed E-state index contributed by atoms with van der Waals surface area (Å²) in [5, 5.41) is 19.5. The molecule has 29 heavy (non-hydrogen) atoms. The Balaban J connectivity index is 1.53. The highest BCUT2D eigenvalue weighted by atomic mass is 16.5. The number of carbonyl (C=O) groups excluding carboxylic acids is 1. The summed E-state index contributed by atoms with van der Waals surface area (Å²) in [4.78, 5) is 19.1. The molecule has 1 heterocycles. The number of fused-ring (bicyclic) bond motifs is 1. The van der Waals surface area contributed by atoms with Crippen LogP contribution in [0.25, 0.3) is 16.6 Å². The van der Waals surface area contributed by atoms with Crippen molar-refractivity contribution in [3.63, 3.8) is 0 Å². The maximum atomic E-state index is 11.9. The van der Waals surface area contributed by atoms with Crippen LogP contribution < -0.4 is 9.47 Å². The normalized spacial score (nSPS) is 11.4. The van der Waals surface area contributed by atoms with Crippen molar-refractivity contribution >= 4 is 22.6 Å². The van der Waals surface area contributed by atoms with Gasteiger partial charge in [-0.05, 0) is 36.4 Å². The number of esters is 1. The van der Waals surface area contributed by atoms with E-state index in [-0.39, 0.29) is 30.2 Å². The SMILES string of the molecule is COc1ccc(OCCC(=O)OCC(O)=C(C#N)c2nc3ccccc3[nH]2)cc1. The van der Waals surface area contributed by atoms with E-state index in [1.807, 2.05) is 18.2 Å². The van der Waals surface area contributed by atoms with Gasteiger partial charge < -0.3 is 24.3 Å². The predicted octanol–water partition coefficient (Wildman–Crippen LogP) is 3.38. The average Bonchev–Trinajstić information content (AvgIpc) is 3.17. The smallest absolute Gasteiger partial charge is 0.309 e. The monoisotopic (exact) mass is 393 g/mol. The van der Waals surface area contributed by atoms with Crippen molar-refractivity contribution in [1.82, 2.24) is 9.97 Å². The Morgan fingerprint density at radius 2 is 1.90 bits per heavy atom. The molecule has 3 rings (SSSR count). The molecule has 3 aromatic rings. The quantitative estimate of drug-likeness (QED) is 0.342. The second-order valence-corrected chi connectivity index (χ2v) is 5.97. The number of aliphatic hydroxyl groups excluding tert-OH is 1. The van der Waals surface area contributed by atoms with E-state index in [0.717, 1.165) is 5.52 Å². The zero-order valence-electron chi connectivity index (χ0n) is 15.7. The predicted molar refractivity (Wildman–Crippen MR) is 105 cm³/mol. The summed E-state index contributed by atoms with van der Waals surface area (Å²) in [6, 6.07) is 16.1. The van der Waals surface area contributed by atoms with E-state index in [2.05, 4.69) is 9.97 Å². The Hall–Kier alpha value is -3.99. The number of allylic oxidation sites excluding steroid dienone is 1. The Labute approximate surface area is 167 Å². The molecule has 0 fully saturated rings. The number of para-hydroxylation sites is 2. The summed E-state index contributed by atoms with van der Waals surface area (Å²) >= 11 is 0. The van der Waals surface area contributed by atoms with E-state index in [0.29, 0.717) is 17.0 Å². The molecule has 2 aromatic carbocycles. The Kier molecular flexibility index (Phi) is 6.32. The molecule has 0 atom stereocenters. The van der Waals surface area contributed by atoms with Crippen LogP contribution in [0, 0.1) is 11.3 Å². The van der Waals surface area contributed by atoms with Crippen LogP contribution in [0.1, 0.15) is 12.2 Å². The zero-order chi connectivity index (χ0) is 20.6. The van der Waals surface area contributed by atoms with Crippen LogP contribution in [0.2, 0.25) is 0 Å². The average molecular weight is 393 g/mol. The number of carbonyl (C=O) groups is 1. The maximum absolute atomic E-state index is 11.9. The molecule has 0 aliphatic carbocycles. The number of nitrogens with one attached hydrogen (secondary N) is 1. The molecule has 0 bridgehead atoms. The van der Waals surface area contributed by atoms with Crippen LogP contribution in [0.5, 0.6) is 11.5 Å². The van der Waals surface area contributed by atoms with Gasteiger partial charge in [0.05, 0.1) is 31.2 Å². The number of imidazole rings is 1. The van der Waals surface area contributed by atoms with E-state index in [1.54, 1.807) is 43.5 Å². The molecule has 0 unspecified atom stereocenters. The summed E-state index contributed by atoms with van der Waals surface area (Å²) in [5.74, 6) is 0.572. The van der Waals surface area contributed by atoms with E-state index in [4.69, 9.17) is 14.2 Å². The molecule has 0 radical (unpaired) electrons. The highest BCUT2D eigenvalue weighted by molar-refractivity contribution is 5.83. The van der Waals surface area contributed by atoms with E-state index in [9.17, 15) is 15.2 Å². The van der Waals surface area contributed by atoms with E-state index in [1.165, 1.54) is 0 Å². The van der Waals surface area contributed by atoms with Crippen LogP contribution in [0.3, 0.4) is 0 Å². The largest absolute Gasteiger partial charge is 0.507 e. The lowest BCUT2D eigenvalue weighted by Gasteiger charge is -2.08. The number of aromatic nitrogens is 2. The van der Waals surface area contributed by atoms with Crippen molar-refractivity contribution in [2.45, 2.75) is 6.42 Å². The number of H-pyrrole nitrogens is 1. The fourth-order valence-corrected chi connectivity index (χ4v) is 2.54. The van der Waals surface area contributed by atoms with Gasteiger partial charge >= 0.3 is 5.97 Å². The third-order valence-corrected chi connectivity index (χ3v) is 4.03. The first-order chi connectivity index (χ1) is 14.1. The molecule has 0 aliphatic heterocycles. The van der Waals surface area contributed by atoms with Crippen molar-refractivity contribution < 1.29 is 24.1 Å². The standard InChI is InChI=1S/C21H19N3O5/c1-27-14-6-8-15(9-7-14)28-11-10-20(26)29-13-19(25)16(12-22)21-23-17-4-2-3-5-18(17)24-21/h2-9,25H,10-11,13H2,1H3,(H,23,24). The van der Waals surface area contributed by atoms with Gasteiger partial charge in [-0.25, -0.2) is 4.98 Å². The minimum atomic E-state index is -0.563. The van der Waals surface area contributed by atoms with Crippen LogP contribution in [0.15, 0.2) is 54.3 Å². The molecular weight excluding hydrogens is 374 g/mol. The third-order valence-electron chi connectivity index (χ3n) is 4.03. The summed E-state index contributed by atoms with van der Waals surface area (Å²) < 4.78 is 15.5. The number of hydrogen-bond donors (Lipinski definition) is 2. The fraction of sp³-hybridized carbons (Fsp3) is 0.190. The van der Waals surface area contributed by atoms with Gasteiger partial charge in [-0.2, -0.15) is 5.26 Å². The molecule has 2 N–H and O–H groups in total. The van der Waals surface area contributed by atoms with Gasteiger partial charge in [-0.1, -0.05) is 12.1 Å². The lowest BCUT2D eigenvalue weighted by atomic mass is 10.2. The van der Waals surface area contributed by atoms with Crippen LogP contribution in [0.4, 0.5) is 0 Å². The summed E-state index contributed by atoms with van der Waals surface area (Å²) in [6.45, 7) is -0.314. The third kappa shape index (κ3) is 5.05. The number of aliphatic hydroxyl groups is 1. The van der Waals surface area contributed by atoms with Crippen LogP contribution in [-0.2, 0) is 9.53 Å². The Morgan fingerprint density at radius 3 is 2.59 bits per heavy atom. The van der Waals surface area contributed by atoms with Crippen molar-refractivity contribution in [1.29, 1.82) is 5.26 Å². The van der Waals surface area contributed by atoms with Crippen molar-refractivity contribution in [3.8, 4) is 17.6 Å². The number of methoxy groups -OCH3 is 1. The first-order valence-electron chi connectivity index (χ1n) is 8.80. The second-order valence-electron chi connectivity index (χ2n) is 5.97. The number of rotatable bonds is 8. The van der Waals surface area contributed by atoms with Crippen molar-refractivity contribution in [2.24, 2.45) is 0 Å². The summed E-state index contributed by atoms with van der Waals surface area (Å²) in [5.41, 5.74) is 1.31. The van der Waals surface area contributed by atoms with Gasteiger partial charge in [0.1, 0.15) is 29.7 Å². The molecule has 0 saturated carbocycles. The maximum Gasteiger partial charge on any atom is 0.309 e. The number of nitriles is 1. The molecule has 0 saturated heterocycles. The minimum Gasteiger partial charge on any atom is -0.507 e. The molecule has 8 heteroatoms. The van der Waals surface area contributed by atoms with Gasteiger partial charge in [0, 0.05) is 0 Å². The van der Waals surface area contributed by atoms with Gasteiger partial charge in [0.2, 0.25) is 0 Å². The zero-order valence-corrected chi connectivity index (χ0v) is 15.7. The number of ether oxygens (including phenoxy) is 3. The second kappa shape index (κ2) is 9.28. The number of benzene rings is 2. The lowest BCUT2D eigenvalue weighted by molar-refractivity contribution is -0.143. The Bertz CT molecular complexity index is 1030. The van der Waals surface area contributed by atoms with Crippen molar-refractivity contribution in [3.05, 3.63) is 60.1 Å². The lowest BCUT2D eigenvalue weighted by Crippen LogP contribution is -2.12. The number of nitrogens with zero attached hydrogens (tertiary/aromatic N) is 2. The topological polar surface area (TPSA) is 117 Å². The van der Waals surface area contributed by atoms with Gasteiger partial charge in [0.25, 0.3) is 0 Å². The van der Waals surface area contributed by atoms with Gasteiger partial charge in [0.15, 0.2) is 11.6 Å². The number of hydrogen-bond acceptors (Lipinski definition) is 7. The molecular formula is C21H19N3O5. The molecule has 8 nitrogen and oxygen atoms in total. The molecule has 0 spiro atoms. The Morgan fingerprint density at radius 1 is 1.17 bits per heavy atom. The highest BCUT2D eigenvalue weighted by Crippen LogP contribution is 2.19. The van der Waals surface area contributed by atoms with Crippen LogP contribution >= 0.6 is 0 Å². The molecule has 148 valence electrons. The number of aromatic amines is 1. The van der Waals surface area contributed by atoms with Crippen molar-refractivity contribution in [2.75, 3.05) is 20.3 Å². The first-order valence-corrected chi connectivity index (χ1v) is 8.80. The van der Waals surface area contributed by atoms with E-state index < -0.39 is 12.6 Å². The fourth-order valence-electron chi connectivity index (χ4n) is 2.54.